The van der Waals surface area contributed by atoms with Crippen molar-refractivity contribution in [2.24, 2.45) is 11.3 Å². The zero-order valence-electron chi connectivity index (χ0n) is 20.5. The van der Waals surface area contributed by atoms with E-state index in [-0.39, 0.29) is 36.3 Å². The lowest BCUT2D eigenvalue weighted by Gasteiger charge is -2.34. The van der Waals surface area contributed by atoms with Crippen LogP contribution in [0.15, 0.2) is 21.9 Å². The summed E-state index contributed by atoms with van der Waals surface area (Å²) in [6.45, 7) is 3.55. The number of fused-ring (bicyclic) bond motifs is 1. The average molecular weight is 538 g/mol. The summed E-state index contributed by atoms with van der Waals surface area (Å²) in [7, 11) is -4.51. The molecule has 3 rings (SSSR count). The maximum Gasteiger partial charge on any atom is 0.312 e. The van der Waals surface area contributed by atoms with Crippen LogP contribution in [0.25, 0.3) is 0 Å². The zero-order chi connectivity index (χ0) is 26.2. The third kappa shape index (κ3) is 6.21. The molecule has 1 aliphatic heterocycles. The fourth-order valence-corrected chi connectivity index (χ4v) is 6.87. The van der Waals surface area contributed by atoms with E-state index >= 15 is 4.39 Å². The predicted octanol–water partition coefficient (Wildman–Crippen LogP) is 5.78. The first kappa shape index (κ1) is 28.0. The monoisotopic (exact) mass is 537 g/mol. The largest absolute Gasteiger partial charge is 0.491 e. The van der Waals surface area contributed by atoms with Gasteiger partial charge in [0.25, 0.3) is 0 Å². The Bertz CT molecular complexity index is 1040. The van der Waals surface area contributed by atoms with Crippen molar-refractivity contribution in [2.45, 2.75) is 86.6 Å². The number of thioether (sulfide) groups is 1. The second-order valence-electron chi connectivity index (χ2n) is 10.3. The van der Waals surface area contributed by atoms with Crippen LogP contribution in [0.1, 0.15) is 59.3 Å². The summed E-state index contributed by atoms with van der Waals surface area (Å²) in [5.74, 6) is -5.04. The van der Waals surface area contributed by atoms with Crippen LogP contribution in [0.2, 0.25) is 0 Å². The Morgan fingerprint density at radius 1 is 1.23 bits per heavy atom. The van der Waals surface area contributed by atoms with Gasteiger partial charge in [-0.25, -0.2) is 21.6 Å². The van der Waals surface area contributed by atoms with E-state index in [4.69, 9.17) is 4.74 Å². The molecule has 0 saturated heterocycles. The van der Waals surface area contributed by atoms with Crippen LogP contribution in [0, 0.1) is 11.3 Å². The Morgan fingerprint density at radius 3 is 2.40 bits per heavy atom. The van der Waals surface area contributed by atoms with E-state index in [0.717, 1.165) is 32.6 Å². The van der Waals surface area contributed by atoms with Gasteiger partial charge in [-0.1, -0.05) is 12.8 Å². The van der Waals surface area contributed by atoms with Gasteiger partial charge in [-0.2, -0.15) is 0 Å². The molecule has 0 spiro atoms. The van der Waals surface area contributed by atoms with Gasteiger partial charge in [-0.05, 0) is 52.4 Å². The Balaban J connectivity index is 2.09. The minimum absolute atomic E-state index is 0.00805. The first-order valence-electron chi connectivity index (χ1n) is 11.8. The summed E-state index contributed by atoms with van der Waals surface area (Å²) < 4.78 is 75.4. The van der Waals surface area contributed by atoms with Gasteiger partial charge in [-0.15, -0.1) is 11.8 Å². The topological polar surface area (TPSA) is 83.9 Å². The molecule has 1 N–H and O–H groups in total. The van der Waals surface area contributed by atoms with E-state index in [2.05, 4.69) is 0 Å². The van der Waals surface area contributed by atoms with Gasteiger partial charge in [0.1, 0.15) is 12.4 Å². The Hall–Kier alpha value is -1.62. The van der Waals surface area contributed by atoms with E-state index in [1.807, 2.05) is 4.90 Å². The third-order valence-corrected chi connectivity index (χ3v) is 9.52. The fourth-order valence-electron chi connectivity index (χ4n) is 4.61. The molecule has 0 bridgehead atoms. The van der Waals surface area contributed by atoms with Gasteiger partial charge in [0.2, 0.25) is 21.3 Å². The first-order chi connectivity index (χ1) is 16.2. The third-order valence-electron chi connectivity index (χ3n) is 6.85. The van der Waals surface area contributed by atoms with Crippen molar-refractivity contribution in [3.63, 3.8) is 0 Å². The van der Waals surface area contributed by atoms with E-state index in [1.165, 1.54) is 31.7 Å². The normalized spacial score (nSPS) is 23.1. The van der Waals surface area contributed by atoms with Crippen molar-refractivity contribution in [3.8, 4) is 5.75 Å². The number of rotatable bonds is 9. The number of sulfone groups is 1. The number of anilines is 1. The van der Waals surface area contributed by atoms with E-state index in [0.29, 0.717) is 10.6 Å². The maximum absolute atomic E-state index is 15.6. The lowest BCUT2D eigenvalue weighted by atomic mass is 9.95. The zero-order valence-corrected chi connectivity index (χ0v) is 22.2. The predicted molar refractivity (Wildman–Crippen MR) is 130 cm³/mol. The molecule has 11 heteroatoms. The maximum atomic E-state index is 15.6. The van der Waals surface area contributed by atoms with E-state index < -0.39 is 45.0 Å². The SMILES string of the molecule is CSc1cc2c(cc1OCC(C)(C)C(=O)O)S(=O)(=O)[C@@H](F)[C@@H](CCC(C)(F)F)CN2C1CCCC1. The lowest BCUT2D eigenvalue weighted by Crippen LogP contribution is -2.39. The molecule has 1 saturated carbocycles. The summed E-state index contributed by atoms with van der Waals surface area (Å²) in [5, 5.41) is 9.39. The molecule has 1 aromatic carbocycles. The highest BCUT2D eigenvalue weighted by molar-refractivity contribution is 7.98. The van der Waals surface area contributed by atoms with E-state index in [1.54, 1.807) is 12.3 Å². The molecule has 198 valence electrons. The van der Waals surface area contributed by atoms with Gasteiger partial charge in [0.05, 0.1) is 20.9 Å². The van der Waals surface area contributed by atoms with E-state index in [9.17, 15) is 27.1 Å². The van der Waals surface area contributed by atoms with Crippen LogP contribution in [-0.4, -0.2) is 56.4 Å². The number of alkyl halides is 3. The van der Waals surface area contributed by atoms with Crippen molar-refractivity contribution >= 4 is 33.3 Å². The van der Waals surface area contributed by atoms with Gasteiger partial charge in [0.15, 0.2) is 0 Å². The molecule has 0 amide bonds. The van der Waals surface area contributed by atoms with Crippen molar-refractivity contribution < 1.29 is 36.2 Å². The first-order valence-corrected chi connectivity index (χ1v) is 14.5. The number of aliphatic carboxylic acids is 1. The molecule has 0 aromatic heterocycles. The van der Waals surface area contributed by atoms with Crippen LogP contribution >= 0.6 is 11.8 Å². The van der Waals surface area contributed by atoms with Crippen LogP contribution in [-0.2, 0) is 14.6 Å². The smallest absolute Gasteiger partial charge is 0.312 e. The van der Waals surface area contributed by atoms with Crippen LogP contribution in [0.4, 0.5) is 18.9 Å². The Morgan fingerprint density at radius 2 is 1.86 bits per heavy atom. The second-order valence-corrected chi connectivity index (χ2v) is 13.1. The molecule has 1 fully saturated rings. The fraction of sp³-hybridized carbons (Fsp3) is 0.708. The molecular formula is C24H34F3NO5S2. The highest BCUT2D eigenvalue weighted by Crippen LogP contribution is 2.45. The van der Waals surface area contributed by atoms with Gasteiger partial charge < -0.3 is 14.7 Å². The quantitative estimate of drug-likeness (QED) is 0.400. The number of carboxylic acids is 1. The van der Waals surface area contributed by atoms with Gasteiger partial charge >= 0.3 is 5.97 Å². The molecule has 1 aromatic rings. The molecule has 35 heavy (non-hydrogen) atoms. The molecular weight excluding hydrogens is 503 g/mol. The molecule has 1 aliphatic carbocycles. The molecule has 2 aliphatic rings. The minimum Gasteiger partial charge on any atom is -0.491 e. The van der Waals surface area contributed by atoms with Crippen molar-refractivity contribution in [3.05, 3.63) is 12.1 Å². The number of hydrogen-bond acceptors (Lipinski definition) is 6. The Kier molecular flexibility index (Phi) is 8.30. The summed E-state index contributed by atoms with van der Waals surface area (Å²) in [4.78, 5) is 13.7. The van der Waals surface area contributed by atoms with Crippen LogP contribution in [0.3, 0.4) is 0 Å². The number of carbonyl (C=O) groups is 1. The average Bonchev–Trinajstić information content (AvgIpc) is 3.28. The standard InChI is InChI=1S/C24H34F3NO5S2/c1-23(2,22(29)30)14-33-18-12-20-17(11-19(18)34-4)28(16-7-5-6-8-16)13-15(9-10-24(3,26)27)21(25)35(20,31)32/h11-12,15-16,21H,5-10,13-14H2,1-4H3,(H,29,30)/t15-,21+/m0/s1. The number of carboxylic acid groups (broad SMARTS) is 1. The molecule has 1 heterocycles. The van der Waals surface area contributed by atoms with Crippen molar-refractivity contribution in [1.82, 2.24) is 0 Å². The number of ether oxygens (including phenoxy) is 1. The van der Waals surface area contributed by atoms with Crippen LogP contribution < -0.4 is 9.64 Å². The summed E-state index contributed by atoms with van der Waals surface area (Å²) in [6, 6.07) is 2.92. The number of benzene rings is 1. The minimum atomic E-state index is -4.51. The summed E-state index contributed by atoms with van der Waals surface area (Å²) >= 11 is 1.31. The van der Waals surface area contributed by atoms with Gasteiger partial charge in [-0.3, -0.25) is 4.79 Å². The second kappa shape index (κ2) is 10.4. The summed E-state index contributed by atoms with van der Waals surface area (Å²) in [6.07, 6.45) is 4.47. The van der Waals surface area contributed by atoms with Crippen molar-refractivity contribution in [1.29, 1.82) is 0 Å². The number of nitrogens with zero attached hydrogens (tertiary/aromatic N) is 1. The van der Waals surface area contributed by atoms with Gasteiger partial charge in [0, 0.05) is 31.0 Å². The molecule has 6 nitrogen and oxygen atoms in total. The lowest BCUT2D eigenvalue weighted by molar-refractivity contribution is -0.148. The van der Waals surface area contributed by atoms with Crippen LogP contribution in [0.5, 0.6) is 5.75 Å². The van der Waals surface area contributed by atoms with Crippen molar-refractivity contribution in [2.75, 3.05) is 24.3 Å². The molecule has 2 atom stereocenters. The number of hydrogen-bond donors (Lipinski definition) is 1. The number of halogens is 3. The summed E-state index contributed by atoms with van der Waals surface area (Å²) in [5.41, 5.74) is -3.20. The highest BCUT2D eigenvalue weighted by atomic mass is 32.2. The Labute approximate surface area is 209 Å². The highest BCUT2D eigenvalue weighted by Gasteiger charge is 2.44. The molecule has 0 radical (unpaired) electrons. The molecule has 0 unspecified atom stereocenters.